The summed E-state index contributed by atoms with van der Waals surface area (Å²) in [6.45, 7) is 0. The van der Waals surface area contributed by atoms with Gasteiger partial charge >= 0.3 is 0 Å². The lowest BCUT2D eigenvalue weighted by molar-refractivity contribution is 0.200. The quantitative estimate of drug-likeness (QED) is 0.306. The van der Waals surface area contributed by atoms with Gasteiger partial charge < -0.3 is 9.47 Å². The van der Waals surface area contributed by atoms with E-state index in [0.29, 0.717) is 39.7 Å². The number of hydrogen-bond donors (Lipinski definition) is 0. The molecule has 1 aliphatic rings. The van der Waals surface area contributed by atoms with Crippen LogP contribution >= 0.6 is 11.6 Å². The number of nitrogens with zero attached hydrogens (tertiary/aromatic N) is 4. The van der Waals surface area contributed by atoms with Gasteiger partial charge in [-0.2, -0.15) is 5.26 Å². The second-order valence-electron chi connectivity index (χ2n) is 8.31. The molecule has 176 valence electrons. The molecule has 0 radical (unpaired) electrons. The van der Waals surface area contributed by atoms with Crippen LogP contribution in [0.3, 0.4) is 0 Å². The van der Waals surface area contributed by atoms with Crippen molar-refractivity contribution >= 4 is 34.8 Å². The van der Waals surface area contributed by atoms with Crippen molar-refractivity contribution in [2.45, 2.75) is 31.8 Å². The fourth-order valence-electron chi connectivity index (χ4n) is 4.32. The highest BCUT2D eigenvalue weighted by Gasteiger charge is 2.20. The van der Waals surface area contributed by atoms with Gasteiger partial charge in [0.25, 0.3) is 0 Å². The first kappa shape index (κ1) is 22.9. The summed E-state index contributed by atoms with van der Waals surface area (Å²) in [6.07, 6.45) is 9.71. The van der Waals surface area contributed by atoms with Crippen molar-refractivity contribution in [2.24, 2.45) is 0 Å². The number of para-hydroxylation sites is 1. The van der Waals surface area contributed by atoms with E-state index < -0.39 is 5.82 Å². The summed E-state index contributed by atoms with van der Waals surface area (Å²) >= 11 is 6.02. The van der Waals surface area contributed by atoms with Gasteiger partial charge in [0.05, 0.1) is 34.8 Å². The van der Waals surface area contributed by atoms with E-state index in [4.69, 9.17) is 26.3 Å². The van der Waals surface area contributed by atoms with Crippen LogP contribution in [0.4, 0.5) is 4.39 Å². The molecule has 0 atom stereocenters. The lowest BCUT2D eigenvalue weighted by Crippen LogP contribution is -2.12. The molecule has 0 spiro atoms. The molecule has 8 heteroatoms. The zero-order valence-electron chi connectivity index (χ0n) is 19.0. The van der Waals surface area contributed by atoms with E-state index in [1.165, 1.54) is 18.3 Å². The van der Waals surface area contributed by atoms with Gasteiger partial charge in [0.2, 0.25) is 0 Å². The second-order valence-corrected chi connectivity index (χ2v) is 8.72. The van der Waals surface area contributed by atoms with E-state index in [9.17, 15) is 4.39 Å². The first-order chi connectivity index (χ1) is 17.1. The van der Waals surface area contributed by atoms with Gasteiger partial charge in [-0.1, -0.05) is 23.7 Å². The lowest BCUT2D eigenvalue weighted by atomic mass is 10.1. The summed E-state index contributed by atoms with van der Waals surface area (Å²) in [7, 11) is 1.62. The molecule has 0 unspecified atom stereocenters. The molecule has 0 saturated heterocycles. The van der Waals surface area contributed by atoms with Crippen LogP contribution in [0.25, 0.3) is 29.0 Å². The Balaban J connectivity index is 1.61. The fourth-order valence-corrected chi connectivity index (χ4v) is 4.47. The van der Waals surface area contributed by atoms with E-state index in [1.807, 2.05) is 30.4 Å². The molecule has 2 aromatic carbocycles. The highest BCUT2D eigenvalue weighted by Crippen LogP contribution is 2.36. The number of imidazole rings is 1. The number of pyridine rings is 1. The Labute approximate surface area is 207 Å². The number of hydrogen-bond acceptors (Lipinski definition) is 5. The normalized spacial score (nSPS) is 14.0. The molecular weight excluding hydrogens is 467 g/mol. The van der Waals surface area contributed by atoms with Gasteiger partial charge in [0.15, 0.2) is 11.5 Å². The van der Waals surface area contributed by atoms with Crippen LogP contribution in [-0.4, -0.2) is 27.7 Å². The molecule has 1 saturated carbocycles. The Morgan fingerprint density at radius 3 is 2.71 bits per heavy atom. The third-order valence-electron chi connectivity index (χ3n) is 6.06. The predicted molar refractivity (Wildman–Crippen MR) is 133 cm³/mol. The number of methoxy groups -OCH3 is 1. The van der Waals surface area contributed by atoms with Gasteiger partial charge in [-0.15, -0.1) is 0 Å². The average Bonchev–Trinajstić information content (AvgIpc) is 3.51. The smallest absolute Gasteiger partial charge is 0.168 e. The molecule has 1 aliphatic carbocycles. The molecule has 35 heavy (non-hydrogen) atoms. The first-order valence-corrected chi connectivity index (χ1v) is 11.7. The molecule has 0 N–H and O–H groups in total. The number of benzene rings is 2. The number of halogens is 2. The molecule has 0 aliphatic heterocycles. The van der Waals surface area contributed by atoms with Gasteiger partial charge in [0.1, 0.15) is 23.5 Å². The monoisotopic (exact) mass is 488 g/mol. The number of aromatic nitrogens is 3. The Bertz CT molecular complexity index is 1450. The number of ether oxygens (including phenoxy) is 2. The van der Waals surface area contributed by atoms with Gasteiger partial charge in [-0.3, -0.25) is 4.57 Å². The first-order valence-electron chi connectivity index (χ1n) is 11.3. The standard InChI is InChI=1S/C27H22ClFN4O2/c1-34-24-8-4-5-18(27(24)35-19-6-2-3-7-19)10-12-26-32-22-13-20(28)21(29)14-23(22)33(26)25-11-9-17(15-30)16-31-25/h4-5,8-14,16,19H,2-3,6-7H2,1H3. The Morgan fingerprint density at radius 1 is 1.17 bits per heavy atom. The van der Waals surface area contributed by atoms with Crippen LogP contribution in [0.5, 0.6) is 11.5 Å². The van der Waals surface area contributed by atoms with Crippen LogP contribution in [0.2, 0.25) is 5.02 Å². The van der Waals surface area contributed by atoms with Crippen LogP contribution in [-0.2, 0) is 0 Å². The van der Waals surface area contributed by atoms with Crippen molar-refractivity contribution in [2.75, 3.05) is 7.11 Å². The summed E-state index contributed by atoms with van der Waals surface area (Å²) in [4.78, 5) is 9.06. The summed E-state index contributed by atoms with van der Waals surface area (Å²) in [5.41, 5.74) is 2.30. The minimum atomic E-state index is -0.551. The Morgan fingerprint density at radius 2 is 2.00 bits per heavy atom. The van der Waals surface area contributed by atoms with E-state index in [1.54, 1.807) is 23.8 Å². The number of fused-ring (bicyclic) bond motifs is 1. The lowest BCUT2D eigenvalue weighted by Gasteiger charge is -2.18. The molecule has 6 nitrogen and oxygen atoms in total. The van der Waals surface area contributed by atoms with Crippen LogP contribution in [0, 0.1) is 17.1 Å². The maximum atomic E-state index is 14.4. The molecule has 4 aromatic rings. The summed E-state index contributed by atoms with van der Waals surface area (Å²) in [5.74, 6) is 1.82. The largest absolute Gasteiger partial charge is 0.493 e. The Hall–Kier alpha value is -3.89. The Kier molecular flexibility index (Phi) is 6.39. The van der Waals surface area contributed by atoms with Gasteiger partial charge in [-0.05, 0) is 62.1 Å². The number of nitriles is 1. The topological polar surface area (TPSA) is 73.0 Å². The molecule has 2 aromatic heterocycles. The maximum absolute atomic E-state index is 14.4. The summed E-state index contributed by atoms with van der Waals surface area (Å²) < 4.78 is 28.0. The summed E-state index contributed by atoms with van der Waals surface area (Å²) in [5, 5.41) is 9.12. The molecule has 1 fully saturated rings. The minimum absolute atomic E-state index is 0.00878. The van der Waals surface area contributed by atoms with Crippen molar-refractivity contribution in [3.05, 3.63) is 76.5 Å². The van der Waals surface area contributed by atoms with E-state index >= 15 is 0 Å². The fraction of sp³-hybridized carbons (Fsp3) is 0.222. The van der Waals surface area contributed by atoms with Crippen molar-refractivity contribution < 1.29 is 13.9 Å². The highest BCUT2D eigenvalue weighted by molar-refractivity contribution is 6.31. The predicted octanol–water partition coefficient (Wildman–Crippen LogP) is 6.59. The van der Waals surface area contributed by atoms with E-state index in [2.05, 4.69) is 16.0 Å². The van der Waals surface area contributed by atoms with Crippen LogP contribution < -0.4 is 9.47 Å². The molecule has 0 bridgehead atoms. The van der Waals surface area contributed by atoms with Crippen molar-refractivity contribution in [1.82, 2.24) is 14.5 Å². The molecule has 2 heterocycles. The molecule has 0 amide bonds. The summed E-state index contributed by atoms with van der Waals surface area (Å²) in [6, 6.07) is 14.0. The van der Waals surface area contributed by atoms with Crippen LogP contribution in [0.15, 0.2) is 48.7 Å². The second kappa shape index (κ2) is 9.77. The van der Waals surface area contributed by atoms with Crippen LogP contribution in [0.1, 0.15) is 42.6 Å². The molecular formula is C27H22ClFN4O2. The van der Waals surface area contributed by atoms with Gasteiger partial charge in [0, 0.05) is 17.8 Å². The number of rotatable bonds is 6. The molecule has 5 rings (SSSR count). The average molecular weight is 489 g/mol. The highest BCUT2D eigenvalue weighted by atomic mass is 35.5. The maximum Gasteiger partial charge on any atom is 0.168 e. The van der Waals surface area contributed by atoms with Crippen molar-refractivity contribution in [3.63, 3.8) is 0 Å². The van der Waals surface area contributed by atoms with E-state index in [0.717, 1.165) is 31.2 Å². The minimum Gasteiger partial charge on any atom is -0.493 e. The third-order valence-corrected chi connectivity index (χ3v) is 6.35. The third kappa shape index (κ3) is 4.58. The zero-order chi connectivity index (χ0) is 24.4. The van der Waals surface area contributed by atoms with E-state index in [-0.39, 0.29) is 11.1 Å². The zero-order valence-corrected chi connectivity index (χ0v) is 19.8. The van der Waals surface area contributed by atoms with Crippen molar-refractivity contribution in [3.8, 4) is 23.4 Å². The van der Waals surface area contributed by atoms with Crippen molar-refractivity contribution in [1.29, 1.82) is 5.26 Å². The SMILES string of the molecule is COc1cccc(C=Cc2nc3cc(Cl)c(F)cc3n2-c2ccc(C#N)cn2)c1OC1CCCC1. The van der Waals surface area contributed by atoms with Gasteiger partial charge in [-0.25, -0.2) is 14.4 Å².